The van der Waals surface area contributed by atoms with Gasteiger partial charge < -0.3 is 33.3 Å². The third kappa shape index (κ3) is 35.4. The lowest BCUT2D eigenvalue weighted by molar-refractivity contribution is -0.870. The number of unbranched alkanes of at least 4 members (excludes halogenated alkanes) is 10. The highest BCUT2D eigenvalue weighted by Crippen LogP contribution is 2.12. The van der Waals surface area contributed by atoms with Crippen LogP contribution in [0.15, 0.2) is 60.8 Å². The Hall–Kier alpha value is -3.01. The fourth-order valence-corrected chi connectivity index (χ4v) is 4.91. The molecule has 9 nitrogen and oxygen atoms in total. The van der Waals surface area contributed by atoms with Crippen molar-refractivity contribution in [2.75, 3.05) is 47.5 Å². The van der Waals surface area contributed by atoms with Crippen LogP contribution in [0.5, 0.6) is 0 Å². The second kappa shape index (κ2) is 35.0. The maximum absolute atomic E-state index is 12.7. The summed E-state index contributed by atoms with van der Waals surface area (Å²) in [6, 6.07) is 0. The van der Waals surface area contributed by atoms with Crippen LogP contribution in [0, 0.1) is 0 Å². The monoisotopic (exact) mass is 732 g/mol. The minimum atomic E-state index is -1.63. The van der Waals surface area contributed by atoms with E-state index in [0.29, 0.717) is 17.4 Å². The molecule has 52 heavy (non-hydrogen) atoms. The molecule has 0 bridgehead atoms. The number of quaternary nitrogens is 1. The molecule has 9 heteroatoms. The quantitative estimate of drug-likeness (QED) is 0.0210. The van der Waals surface area contributed by atoms with Crippen molar-refractivity contribution < 1.29 is 42.9 Å². The number of carbonyl (C=O) groups is 3. The minimum Gasteiger partial charge on any atom is -0.545 e. The Labute approximate surface area is 316 Å². The number of esters is 2. The Morgan fingerprint density at radius 3 is 1.63 bits per heavy atom. The number of nitrogens with zero attached hydrogens (tertiary/aromatic N) is 1. The van der Waals surface area contributed by atoms with Crippen molar-refractivity contribution in [1.82, 2.24) is 0 Å². The van der Waals surface area contributed by atoms with Crippen molar-refractivity contribution >= 4 is 17.9 Å². The van der Waals surface area contributed by atoms with E-state index in [1.807, 2.05) is 21.1 Å². The number of likely N-dealkylation sites (N-methyl/N-ethyl adjacent to an activating group) is 1. The van der Waals surface area contributed by atoms with Gasteiger partial charge in [-0.25, -0.2) is 0 Å². The van der Waals surface area contributed by atoms with E-state index in [-0.39, 0.29) is 38.6 Å². The molecule has 0 aliphatic rings. The smallest absolute Gasteiger partial charge is 0.306 e. The predicted octanol–water partition coefficient (Wildman–Crippen LogP) is 8.49. The molecule has 0 amide bonds. The molecule has 0 aromatic rings. The average molecular weight is 732 g/mol. The van der Waals surface area contributed by atoms with E-state index in [0.717, 1.165) is 70.6 Å². The van der Waals surface area contributed by atoms with E-state index in [9.17, 15) is 19.5 Å². The molecule has 0 aromatic heterocycles. The van der Waals surface area contributed by atoms with Gasteiger partial charge in [-0.15, -0.1) is 0 Å². The summed E-state index contributed by atoms with van der Waals surface area (Å²) in [5.74, 6) is -2.35. The molecule has 2 unspecified atom stereocenters. The molecule has 0 spiro atoms. The van der Waals surface area contributed by atoms with Crippen LogP contribution in [-0.2, 0) is 33.3 Å². The Balaban J connectivity index is 4.54. The Morgan fingerprint density at radius 2 is 1.10 bits per heavy atom. The molecule has 0 saturated heterocycles. The third-order valence-electron chi connectivity index (χ3n) is 8.03. The molecule has 2 atom stereocenters. The van der Waals surface area contributed by atoms with Crippen LogP contribution in [0.2, 0.25) is 0 Å². The van der Waals surface area contributed by atoms with Crippen LogP contribution in [0.3, 0.4) is 0 Å². The van der Waals surface area contributed by atoms with Gasteiger partial charge in [0.2, 0.25) is 0 Å². The molecule has 298 valence electrons. The summed E-state index contributed by atoms with van der Waals surface area (Å²) >= 11 is 0. The Bertz CT molecular complexity index is 1040. The summed E-state index contributed by atoms with van der Waals surface area (Å²) < 4.78 is 22.4. The molecular formula is C43H73NO8. The molecule has 0 rings (SSSR count). The van der Waals surface area contributed by atoms with E-state index in [1.165, 1.54) is 32.1 Å². The molecule has 0 heterocycles. The number of allylic oxidation sites excluding steroid dienone is 10. The molecule has 0 saturated carbocycles. The number of carboxylic acids is 1. The zero-order chi connectivity index (χ0) is 38.5. The minimum absolute atomic E-state index is 0.139. The highest BCUT2D eigenvalue weighted by molar-refractivity contribution is 5.70. The first-order chi connectivity index (χ1) is 25.1. The van der Waals surface area contributed by atoms with E-state index >= 15 is 0 Å². The van der Waals surface area contributed by atoms with Gasteiger partial charge >= 0.3 is 11.9 Å². The van der Waals surface area contributed by atoms with Gasteiger partial charge in [-0.3, -0.25) is 9.59 Å². The number of hydrogen-bond acceptors (Lipinski definition) is 8. The summed E-state index contributed by atoms with van der Waals surface area (Å²) in [4.78, 5) is 36.7. The zero-order valence-corrected chi connectivity index (χ0v) is 33.4. The lowest BCUT2D eigenvalue weighted by Crippen LogP contribution is -2.44. The van der Waals surface area contributed by atoms with Gasteiger partial charge in [0.25, 0.3) is 0 Å². The number of hydrogen-bond donors (Lipinski definition) is 0. The SMILES string of the molecule is CC/C=C\C/C=C\C/C=C\C/C=C\C/C=C\CCCCCC(=O)OC(COC(=O)CCCCCCCCCC)COC(OCC[N+](C)(C)C)C(=O)[O-]. The van der Waals surface area contributed by atoms with Gasteiger partial charge in [-0.05, 0) is 57.8 Å². The van der Waals surface area contributed by atoms with Crippen LogP contribution < -0.4 is 5.11 Å². The molecule has 0 radical (unpaired) electrons. The first-order valence-electron chi connectivity index (χ1n) is 19.9. The Morgan fingerprint density at radius 1 is 0.596 bits per heavy atom. The van der Waals surface area contributed by atoms with Crippen LogP contribution in [0.4, 0.5) is 0 Å². The van der Waals surface area contributed by atoms with Gasteiger partial charge in [-0.1, -0.05) is 126 Å². The maximum atomic E-state index is 12.7. The summed E-state index contributed by atoms with van der Waals surface area (Å²) in [5.41, 5.74) is 0. The summed E-state index contributed by atoms with van der Waals surface area (Å²) in [6.07, 6.45) is 36.9. The molecule has 0 aromatic carbocycles. The van der Waals surface area contributed by atoms with Gasteiger partial charge in [0, 0.05) is 12.8 Å². The molecule has 0 N–H and O–H groups in total. The van der Waals surface area contributed by atoms with Crippen molar-refractivity contribution in [2.24, 2.45) is 0 Å². The number of aliphatic carboxylic acids is 1. The lowest BCUT2D eigenvalue weighted by Gasteiger charge is -2.26. The molecule has 0 aliphatic heterocycles. The molecule has 0 aliphatic carbocycles. The second-order valence-electron chi connectivity index (χ2n) is 14.2. The lowest BCUT2D eigenvalue weighted by atomic mass is 10.1. The summed E-state index contributed by atoms with van der Waals surface area (Å²) in [5, 5.41) is 11.6. The van der Waals surface area contributed by atoms with Crippen LogP contribution >= 0.6 is 0 Å². The van der Waals surface area contributed by atoms with Crippen molar-refractivity contribution in [2.45, 2.75) is 148 Å². The van der Waals surface area contributed by atoms with E-state index in [1.54, 1.807) is 0 Å². The van der Waals surface area contributed by atoms with E-state index < -0.39 is 24.3 Å². The van der Waals surface area contributed by atoms with Crippen molar-refractivity contribution in [3.63, 3.8) is 0 Å². The van der Waals surface area contributed by atoms with Crippen molar-refractivity contribution in [1.29, 1.82) is 0 Å². The third-order valence-corrected chi connectivity index (χ3v) is 8.03. The van der Waals surface area contributed by atoms with Gasteiger partial charge in [0.1, 0.15) is 13.2 Å². The largest absolute Gasteiger partial charge is 0.545 e. The second-order valence-corrected chi connectivity index (χ2v) is 14.2. The fourth-order valence-electron chi connectivity index (χ4n) is 4.91. The first-order valence-corrected chi connectivity index (χ1v) is 19.9. The van der Waals surface area contributed by atoms with Crippen molar-refractivity contribution in [3.05, 3.63) is 60.8 Å². The number of carbonyl (C=O) groups excluding carboxylic acids is 3. The van der Waals surface area contributed by atoms with Gasteiger partial charge in [-0.2, -0.15) is 0 Å². The highest BCUT2D eigenvalue weighted by Gasteiger charge is 2.21. The van der Waals surface area contributed by atoms with Crippen molar-refractivity contribution in [3.8, 4) is 0 Å². The zero-order valence-electron chi connectivity index (χ0n) is 33.4. The van der Waals surface area contributed by atoms with E-state index in [4.69, 9.17) is 18.9 Å². The van der Waals surface area contributed by atoms with Gasteiger partial charge in [0.15, 0.2) is 12.4 Å². The topological polar surface area (TPSA) is 111 Å². The first kappa shape index (κ1) is 49.0. The number of ether oxygens (including phenoxy) is 4. The summed E-state index contributed by atoms with van der Waals surface area (Å²) in [7, 11) is 5.88. The number of rotatable bonds is 35. The standard InChI is InChI=1S/C43H73NO8/c1-6-8-10-12-14-16-17-18-19-20-21-22-23-24-25-26-28-30-32-34-41(46)52-39(38-51-43(42(47)48)49-36-35-44(3,4)5)37-50-40(45)33-31-29-27-15-13-11-9-7-2/h8,10,14,16,18-19,21-22,24-25,39,43H,6-7,9,11-13,15,17,20,23,26-38H2,1-5H3/b10-8-,16-14-,19-18-,22-21-,25-24-. The molecule has 0 fully saturated rings. The van der Waals surface area contributed by atoms with Crippen LogP contribution in [0.25, 0.3) is 0 Å². The maximum Gasteiger partial charge on any atom is 0.306 e. The summed E-state index contributed by atoms with van der Waals surface area (Å²) in [6.45, 7) is 4.52. The average Bonchev–Trinajstić information content (AvgIpc) is 3.09. The van der Waals surface area contributed by atoms with E-state index in [2.05, 4.69) is 74.6 Å². The van der Waals surface area contributed by atoms with Crippen LogP contribution in [0.1, 0.15) is 136 Å². The fraction of sp³-hybridized carbons (Fsp3) is 0.698. The number of carboxylic acid groups (broad SMARTS) is 1. The normalized spacial score (nSPS) is 13.6. The van der Waals surface area contributed by atoms with Crippen LogP contribution in [-0.4, -0.2) is 82.3 Å². The molecular weight excluding hydrogens is 658 g/mol. The highest BCUT2D eigenvalue weighted by atomic mass is 16.7. The Kier molecular flexibility index (Phi) is 33.0. The van der Waals surface area contributed by atoms with Gasteiger partial charge in [0.05, 0.1) is 40.3 Å². The predicted molar refractivity (Wildman–Crippen MR) is 209 cm³/mol.